The van der Waals surface area contributed by atoms with Crippen LogP contribution in [-0.2, 0) is 15.4 Å². The smallest absolute Gasteiger partial charge is 0.308 e. The molecule has 0 aliphatic rings. The van der Waals surface area contributed by atoms with Crippen LogP contribution in [-0.4, -0.2) is 25.6 Å². The number of aliphatic hydroxyl groups is 1. The minimum Gasteiger partial charge on any atom is -0.339 e. The Morgan fingerprint density at radius 2 is 1.71 bits per heavy atom. The van der Waals surface area contributed by atoms with Crippen LogP contribution in [0.3, 0.4) is 0 Å². The minimum atomic E-state index is -1.75. The first-order valence-electron chi connectivity index (χ1n) is 4.04. The van der Waals surface area contributed by atoms with Crippen LogP contribution in [0.4, 0.5) is 0 Å². The van der Waals surface area contributed by atoms with Gasteiger partial charge in [0.2, 0.25) is 0 Å². The van der Waals surface area contributed by atoms with Gasteiger partial charge in [0, 0.05) is 25.3 Å². The highest BCUT2D eigenvalue weighted by Gasteiger charge is 2.28. The molecule has 0 aromatic heterocycles. The maximum absolute atomic E-state index is 10.4. The molecule has 0 heterocycles. The highest BCUT2D eigenvalue weighted by molar-refractivity contribution is 5.74. The Bertz CT molecular complexity index is 300. The second-order valence-electron chi connectivity index (χ2n) is 2.73. The number of carbonyl (C=O) groups is 1. The Morgan fingerprint density at radius 1 is 1.21 bits per heavy atom. The second kappa shape index (κ2) is 4.32. The van der Waals surface area contributed by atoms with Gasteiger partial charge < -0.3 is 14.6 Å². The van der Waals surface area contributed by atoms with E-state index in [0.29, 0.717) is 11.1 Å². The molecule has 76 valence electrons. The summed E-state index contributed by atoms with van der Waals surface area (Å²) >= 11 is 0. The van der Waals surface area contributed by atoms with Crippen molar-refractivity contribution in [2.24, 2.45) is 0 Å². The van der Waals surface area contributed by atoms with Crippen LogP contribution in [0.5, 0.6) is 0 Å². The maximum Gasteiger partial charge on any atom is 0.308 e. The zero-order valence-corrected chi connectivity index (χ0v) is 8.06. The van der Waals surface area contributed by atoms with Gasteiger partial charge in [-0.1, -0.05) is 24.3 Å². The molecule has 0 saturated heterocycles. The lowest BCUT2D eigenvalue weighted by Crippen LogP contribution is -2.30. The highest BCUT2D eigenvalue weighted by Crippen LogP contribution is 2.22. The predicted octanol–water partition coefficient (Wildman–Crippen LogP) is 0.895. The molecule has 1 aromatic rings. The van der Waals surface area contributed by atoms with Gasteiger partial charge in [0.15, 0.2) is 0 Å². The van der Waals surface area contributed by atoms with Gasteiger partial charge in [0.25, 0.3) is 0 Å². The number of carbonyl (C=O) groups excluding carboxylic acids is 1. The summed E-state index contributed by atoms with van der Waals surface area (Å²) in [6.45, 7) is 0. The maximum atomic E-state index is 10.4. The molecule has 4 nitrogen and oxygen atoms in total. The number of rotatable bonds is 4. The van der Waals surface area contributed by atoms with Crippen LogP contribution >= 0.6 is 0 Å². The van der Waals surface area contributed by atoms with Crippen LogP contribution in [0.15, 0.2) is 24.3 Å². The van der Waals surface area contributed by atoms with Gasteiger partial charge in [0.1, 0.15) is 6.29 Å². The van der Waals surface area contributed by atoms with E-state index >= 15 is 0 Å². The van der Waals surface area contributed by atoms with Crippen LogP contribution in [0, 0.1) is 0 Å². The van der Waals surface area contributed by atoms with Crippen molar-refractivity contribution >= 4 is 6.29 Å². The van der Waals surface area contributed by atoms with Crippen LogP contribution in [0.25, 0.3) is 0 Å². The highest BCUT2D eigenvalue weighted by atomic mass is 16.8. The van der Waals surface area contributed by atoms with Crippen LogP contribution < -0.4 is 0 Å². The molecule has 0 spiro atoms. The van der Waals surface area contributed by atoms with Crippen molar-refractivity contribution in [2.75, 3.05) is 14.2 Å². The fourth-order valence-corrected chi connectivity index (χ4v) is 1.09. The summed E-state index contributed by atoms with van der Waals surface area (Å²) in [4.78, 5) is 10.4. The molecule has 0 aliphatic heterocycles. The van der Waals surface area contributed by atoms with E-state index in [-0.39, 0.29) is 0 Å². The molecule has 0 radical (unpaired) electrons. The van der Waals surface area contributed by atoms with E-state index in [1.54, 1.807) is 24.3 Å². The minimum absolute atomic E-state index is 0.438. The van der Waals surface area contributed by atoms with E-state index in [1.165, 1.54) is 14.2 Å². The molecule has 0 amide bonds. The van der Waals surface area contributed by atoms with E-state index in [4.69, 9.17) is 9.47 Å². The first-order valence-corrected chi connectivity index (χ1v) is 4.04. The lowest BCUT2D eigenvalue weighted by Gasteiger charge is -2.24. The predicted molar refractivity (Wildman–Crippen MR) is 49.7 cm³/mol. The zero-order valence-electron chi connectivity index (χ0n) is 8.06. The molecular formula is C10H12O4. The Balaban J connectivity index is 3.00. The van der Waals surface area contributed by atoms with Crippen molar-refractivity contribution in [2.45, 2.75) is 5.97 Å². The van der Waals surface area contributed by atoms with Crippen molar-refractivity contribution in [3.63, 3.8) is 0 Å². The van der Waals surface area contributed by atoms with Crippen molar-refractivity contribution in [3.8, 4) is 0 Å². The van der Waals surface area contributed by atoms with E-state index in [1.807, 2.05) is 0 Å². The molecule has 0 atom stereocenters. The van der Waals surface area contributed by atoms with Crippen LogP contribution in [0.2, 0.25) is 0 Å². The number of benzene rings is 1. The van der Waals surface area contributed by atoms with E-state index in [0.717, 1.165) is 6.29 Å². The molecular weight excluding hydrogens is 184 g/mol. The Labute approximate surface area is 82.1 Å². The van der Waals surface area contributed by atoms with Gasteiger partial charge in [-0.2, -0.15) is 0 Å². The third kappa shape index (κ3) is 1.98. The summed E-state index contributed by atoms with van der Waals surface area (Å²) in [5.74, 6) is -1.75. The van der Waals surface area contributed by atoms with Gasteiger partial charge in [-0.05, 0) is 0 Å². The molecule has 0 unspecified atom stereocenters. The molecule has 0 saturated carbocycles. The normalized spacial score (nSPS) is 11.4. The SMILES string of the molecule is COC(O)(OC)c1ccc(C=O)cc1. The quantitative estimate of drug-likeness (QED) is 0.574. The van der Waals surface area contributed by atoms with Crippen molar-refractivity contribution in [1.29, 1.82) is 0 Å². The number of hydrogen-bond donors (Lipinski definition) is 1. The molecule has 0 aliphatic carbocycles. The third-order valence-corrected chi connectivity index (χ3v) is 1.96. The number of ether oxygens (including phenoxy) is 2. The Morgan fingerprint density at radius 3 is 2.07 bits per heavy atom. The summed E-state index contributed by atoms with van der Waals surface area (Å²) in [7, 11) is 2.66. The molecule has 0 fully saturated rings. The molecule has 1 rings (SSSR count). The second-order valence-corrected chi connectivity index (χ2v) is 2.73. The van der Waals surface area contributed by atoms with Gasteiger partial charge >= 0.3 is 5.97 Å². The van der Waals surface area contributed by atoms with Crippen molar-refractivity contribution in [1.82, 2.24) is 0 Å². The summed E-state index contributed by atoms with van der Waals surface area (Å²) in [5, 5.41) is 9.73. The molecule has 1 aromatic carbocycles. The topological polar surface area (TPSA) is 55.8 Å². The zero-order chi connectivity index (χ0) is 10.6. The summed E-state index contributed by atoms with van der Waals surface area (Å²) in [6.07, 6.45) is 0.725. The van der Waals surface area contributed by atoms with Gasteiger partial charge in [0.05, 0.1) is 0 Å². The van der Waals surface area contributed by atoms with Gasteiger partial charge in [-0.25, -0.2) is 0 Å². The first kappa shape index (κ1) is 10.8. The molecule has 0 bridgehead atoms. The van der Waals surface area contributed by atoms with Gasteiger partial charge in [-0.15, -0.1) is 0 Å². The number of methoxy groups -OCH3 is 2. The largest absolute Gasteiger partial charge is 0.339 e. The van der Waals surface area contributed by atoms with Crippen molar-refractivity contribution in [3.05, 3.63) is 35.4 Å². The van der Waals surface area contributed by atoms with E-state index in [9.17, 15) is 9.90 Å². The Kier molecular flexibility index (Phi) is 3.35. The van der Waals surface area contributed by atoms with Crippen LogP contribution in [0.1, 0.15) is 15.9 Å². The molecule has 14 heavy (non-hydrogen) atoms. The molecule has 4 heteroatoms. The lowest BCUT2D eigenvalue weighted by molar-refractivity contribution is -0.352. The summed E-state index contributed by atoms with van der Waals surface area (Å²) in [5.41, 5.74) is 0.969. The van der Waals surface area contributed by atoms with Gasteiger partial charge in [-0.3, -0.25) is 4.79 Å². The molecule has 1 N–H and O–H groups in total. The average molecular weight is 196 g/mol. The lowest BCUT2D eigenvalue weighted by atomic mass is 10.1. The van der Waals surface area contributed by atoms with E-state index < -0.39 is 5.97 Å². The average Bonchev–Trinajstić information content (AvgIpc) is 2.28. The third-order valence-electron chi connectivity index (χ3n) is 1.96. The fourth-order valence-electron chi connectivity index (χ4n) is 1.09. The number of hydrogen-bond acceptors (Lipinski definition) is 4. The van der Waals surface area contributed by atoms with E-state index in [2.05, 4.69) is 0 Å². The standard InChI is InChI=1S/C10H12O4/c1-13-10(12,14-2)9-5-3-8(7-11)4-6-9/h3-7,12H,1-2H3. The summed E-state index contributed by atoms with van der Waals surface area (Å²) < 4.78 is 9.58. The summed E-state index contributed by atoms with van der Waals surface area (Å²) in [6, 6.07) is 6.28. The monoisotopic (exact) mass is 196 g/mol. The number of aldehydes is 1. The first-order chi connectivity index (χ1) is 6.66. The Hall–Kier alpha value is -1.23. The fraction of sp³-hybridized carbons (Fsp3) is 0.300. The van der Waals surface area contributed by atoms with Crippen molar-refractivity contribution < 1.29 is 19.4 Å².